The molecule has 1 fully saturated rings. The number of hydrogen-bond acceptors (Lipinski definition) is 14. The standard InChI is InChI=1S/C49H68Cl2F3N8O6PS.CH2O2/c50-44-13-7-6-12-38(44)32-60(47-43-31-55-62(48(43)57-49(51)56-47)41-15-14-37(28-41)35-70-36-69-63)17-8-5-11-20-65-23-25-67-26-27-68-34-40-33-61(59-58-40)18-9-3-1-2-4-10-19-64-22-24-66-21-16-42-45(53)29-39(52)30-46(42)54;2-1-3/h6-7,12-13,29-31,33,37,41,63,69H,1-5,8-11,14-28,32,34-36H2;1H,(H,2,3). The van der Waals surface area contributed by atoms with Crippen LogP contribution in [0.3, 0.4) is 0 Å². The second kappa shape index (κ2) is 35.5. The van der Waals surface area contributed by atoms with Crippen LogP contribution in [-0.2, 0) is 54.6 Å². The van der Waals surface area contributed by atoms with Crippen molar-refractivity contribution in [2.75, 3.05) is 82.2 Å². The molecule has 2 N–H and O–H groups in total. The monoisotopic (exact) mass is 1100 g/mol. The zero-order valence-corrected chi connectivity index (χ0v) is 44.7. The van der Waals surface area contributed by atoms with E-state index in [0.29, 0.717) is 89.1 Å². The molecule has 0 amide bonds. The zero-order valence-electron chi connectivity index (χ0n) is 41.4. The van der Waals surface area contributed by atoms with Crippen molar-refractivity contribution < 1.29 is 51.7 Å². The van der Waals surface area contributed by atoms with Gasteiger partial charge in [-0.25, -0.2) is 17.9 Å². The van der Waals surface area contributed by atoms with E-state index in [1.165, 1.54) is 0 Å². The van der Waals surface area contributed by atoms with Crippen molar-refractivity contribution in [3.05, 3.63) is 93.4 Å². The lowest BCUT2D eigenvalue weighted by Crippen LogP contribution is -2.25. The molecule has 1 saturated carbocycles. The highest BCUT2D eigenvalue weighted by Gasteiger charge is 2.29. The van der Waals surface area contributed by atoms with Crippen LogP contribution in [-0.4, -0.2) is 128 Å². The Morgan fingerprint density at radius 2 is 1.47 bits per heavy atom. The predicted octanol–water partition coefficient (Wildman–Crippen LogP) is 10.5. The molecule has 0 bridgehead atoms. The Hall–Kier alpha value is -3.69. The van der Waals surface area contributed by atoms with Gasteiger partial charge in [0.15, 0.2) is 5.65 Å². The Labute approximate surface area is 442 Å². The highest BCUT2D eigenvalue weighted by atomic mass is 35.5. The third-order valence-corrected chi connectivity index (χ3v) is 14.7. The van der Waals surface area contributed by atoms with Gasteiger partial charge in [-0.1, -0.05) is 60.7 Å². The number of carbonyl (C=O) groups is 1. The second-order valence-corrected chi connectivity index (χ2v) is 20.5. The molecule has 1 aliphatic carbocycles. The van der Waals surface area contributed by atoms with E-state index >= 15 is 0 Å². The van der Waals surface area contributed by atoms with E-state index < -0.39 is 17.5 Å². The number of rotatable bonds is 37. The van der Waals surface area contributed by atoms with Crippen molar-refractivity contribution in [2.45, 2.75) is 109 Å². The largest absolute Gasteiger partial charge is 0.483 e. The lowest BCUT2D eigenvalue weighted by Gasteiger charge is -2.25. The van der Waals surface area contributed by atoms with Crippen LogP contribution in [0.15, 0.2) is 48.8 Å². The Kier molecular flexibility index (Phi) is 29.3. The van der Waals surface area contributed by atoms with E-state index in [1.54, 1.807) is 0 Å². The van der Waals surface area contributed by atoms with Crippen LogP contribution in [0.5, 0.6) is 0 Å². The topological polar surface area (TPSA) is 181 Å². The maximum atomic E-state index is 13.7. The Bertz CT molecular complexity index is 2310. The molecule has 3 unspecified atom stereocenters. The quantitative estimate of drug-likeness (QED) is 0.0166. The van der Waals surface area contributed by atoms with Crippen LogP contribution in [0, 0.1) is 23.4 Å². The van der Waals surface area contributed by atoms with E-state index in [2.05, 4.69) is 20.2 Å². The fourth-order valence-corrected chi connectivity index (χ4v) is 10.3. The summed E-state index contributed by atoms with van der Waals surface area (Å²) < 4.78 is 72.6. The molecular weight excluding hydrogens is 1030 g/mol. The van der Waals surface area contributed by atoms with Crippen LogP contribution in [0.1, 0.15) is 99.9 Å². The van der Waals surface area contributed by atoms with Crippen molar-refractivity contribution in [1.82, 2.24) is 34.7 Å². The summed E-state index contributed by atoms with van der Waals surface area (Å²) >= 11 is 15.1. The Balaban J connectivity index is 0.00000321. The van der Waals surface area contributed by atoms with Gasteiger partial charge >= 0.3 is 0 Å². The lowest BCUT2D eigenvalue weighted by atomic mass is 10.1. The number of carboxylic acid groups (broad SMARTS) is 1. The minimum Gasteiger partial charge on any atom is -0.483 e. The van der Waals surface area contributed by atoms with E-state index in [1.807, 2.05) is 57.8 Å². The first-order valence-electron chi connectivity index (χ1n) is 25.0. The van der Waals surface area contributed by atoms with Gasteiger partial charge in [-0.05, 0) is 86.3 Å². The molecule has 0 aliphatic heterocycles. The lowest BCUT2D eigenvalue weighted by molar-refractivity contribution is -0.122. The summed E-state index contributed by atoms with van der Waals surface area (Å²) in [6, 6.07) is 9.49. The summed E-state index contributed by atoms with van der Waals surface area (Å²) in [5.74, 6) is -0.313. The predicted molar refractivity (Wildman–Crippen MR) is 280 cm³/mol. The summed E-state index contributed by atoms with van der Waals surface area (Å²) in [6.07, 6.45) is 16.3. The molecule has 1 aliphatic rings. The molecule has 6 rings (SSSR count). The number of unbranched alkanes of at least 4 members (excludes halogenated alkanes) is 7. The summed E-state index contributed by atoms with van der Waals surface area (Å²) in [6.45, 7) is 6.37. The van der Waals surface area contributed by atoms with Crippen LogP contribution in [0.2, 0.25) is 10.3 Å². The molecule has 73 heavy (non-hydrogen) atoms. The van der Waals surface area contributed by atoms with Crippen molar-refractivity contribution >= 4 is 67.1 Å². The van der Waals surface area contributed by atoms with Crippen LogP contribution in [0.4, 0.5) is 19.0 Å². The smallest absolute Gasteiger partial charge is 0.290 e. The number of fused-ring (bicyclic) bond motifs is 1. The molecule has 404 valence electrons. The third kappa shape index (κ3) is 22.2. The summed E-state index contributed by atoms with van der Waals surface area (Å²) in [5.41, 5.74) is 3.19. The molecule has 3 atom stereocenters. The van der Waals surface area contributed by atoms with Gasteiger partial charge < -0.3 is 38.6 Å². The number of ether oxygens (including phenoxy) is 5. The fourth-order valence-electron chi connectivity index (χ4n) is 8.48. The number of thioether (sulfide) groups is 1. The van der Waals surface area contributed by atoms with Crippen molar-refractivity contribution in [2.24, 2.45) is 5.92 Å². The van der Waals surface area contributed by atoms with E-state index in [9.17, 15) is 18.1 Å². The van der Waals surface area contributed by atoms with E-state index in [4.69, 9.17) is 66.9 Å². The van der Waals surface area contributed by atoms with Crippen LogP contribution < -0.4 is 4.90 Å². The molecular formula is C50H70Cl2F3N8O8PS. The highest BCUT2D eigenvalue weighted by molar-refractivity contribution is 8.02. The Morgan fingerprint density at radius 3 is 2.18 bits per heavy atom. The molecule has 16 nitrogen and oxygen atoms in total. The number of hydrogen-bond donors (Lipinski definition) is 2. The number of anilines is 1. The van der Waals surface area contributed by atoms with Gasteiger partial charge in [0.2, 0.25) is 5.28 Å². The van der Waals surface area contributed by atoms with Crippen molar-refractivity contribution in [1.29, 1.82) is 0 Å². The summed E-state index contributed by atoms with van der Waals surface area (Å²) in [7, 11) is -0.0131. The summed E-state index contributed by atoms with van der Waals surface area (Å²) in [5, 5.41) is 22.0. The van der Waals surface area contributed by atoms with Crippen molar-refractivity contribution in [3.63, 3.8) is 0 Å². The molecule has 0 saturated heterocycles. The van der Waals surface area contributed by atoms with Gasteiger partial charge in [0.05, 0.1) is 76.7 Å². The number of aromatic nitrogens is 7. The van der Waals surface area contributed by atoms with Crippen LogP contribution in [0.25, 0.3) is 11.0 Å². The minimum atomic E-state index is -0.931. The van der Waals surface area contributed by atoms with Crippen LogP contribution >= 0.6 is 43.8 Å². The average molecular weight is 1100 g/mol. The number of aryl methyl sites for hydroxylation is 1. The zero-order chi connectivity index (χ0) is 51.9. The molecule has 5 aromatic rings. The molecule has 3 heterocycles. The van der Waals surface area contributed by atoms with Gasteiger partial charge in [-0.3, -0.25) is 9.48 Å². The first-order valence-corrected chi connectivity index (χ1v) is 28.1. The number of nitrogens with zero attached hydrogens (tertiary/aromatic N) is 8. The second-order valence-electron chi connectivity index (χ2n) is 17.5. The van der Waals surface area contributed by atoms with Gasteiger partial charge in [0.25, 0.3) is 6.47 Å². The SMILES string of the molecule is O=CO.OPCSCC1CCC(n2ncc3c(N(CCCCCOCCOCCOCc4cn(CCCCCCCCOCCOCCc5c(F)cc(F)cc5F)nn4)Cc4ccccc4Cl)nc(Cl)nc32)C1. The van der Waals surface area contributed by atoms with Crippen molar-refractivity contribution in [3.8, 4) is 0 Å². The molecule has 23 heteroatoms. The summed E-state index contributed by atoms with van der Waals surface area (Å²) in [4.78, 5) is 29.2. The molecule has 0 radical (unpaired) electrons. The third-order valence-electron chi connectivity index (χ3n) is 12.1. The first kappa shape index (κ1) is 60.2. The average Bonchev–Trinajstić information content (AvgIpc) is 4.14. The van der Waals surface area contributed by atoms with E-state index in [0.717, 1.165) is 129 Å². The maximum Gasteiger partial charge on any atom is 0.290 e. The van der Waals surface area contributed by atoms with Gasteiger partial charge in [0.1, 0.15) is 29.0 Å². The van der Waals surface area contributed by atoms with E-state index in [-0.39, 0.29) is 45.2 Å². The van der Waals surface area contributed by atoms with Gasteiger partial charge in [0, 0.05) is 76.3 Å². The maximum absolute atomic E-state index is 13.7. The first-order chi connectivity index (χ1) is 35.7. The minimum absolute atomic E-state index is 0.0131. The van der Waals surface area contributed by atoms with Gasteiger partial charge in [-0.15, -0.1) is 5.10 Å². The number of halogens is 5. The molecule has 3 aromatic heterocycles. The highest BCUT2D eigenvalue weighted by Crippen LogP contribution is 2.39. The fraction of sp³-hybridized carbons (Fsp3) is 0.600. The Morgan fingerprint density at radius 1 is 0.822 bits per heavy atom. The van der Waals surface area contributed by atoms with Gasteiger partial charge in [-0.2, -0.15) is 26.8 Å². The normalized spacial score (nSPS) is 14.7. The molecule has 2 aromatic carbocycles. The molecule has 0 spiro atoms. The number of benzene rings is 2.